The van der Waals surface area contributed by atoms with Gasteiger partial charge in [0.1, 0.15) is 37.6 Å². The van der Waals surface area contributed by atoms with E-state index in [2.05, 4.69) is 27.9 Å². The summed E-state index contributed by atoms with van der Waals surface area (Å²) in [4.78, 5) is 77.3. The Hall–Kier alpha value is -5.72. The van der Waals surface area contributed by atoms with Gasteiger partial charge in [0.2, 0.25) is 11.8 Å². The molecule has 71 heavy (non-hydrogen) atoms. The van der Waals surface area contributed by atoms with Gasteiger partial charge in [-0.1, -0.05) is 151 Å². The number of carbonyl (C=O) groups excluding carboxylic acids is 6. The molecule has 0 bridgehead atoms. The van der Waals surface area contributed by atoms with Crippen LogP contribution in [-0.2, 0) is 88.3 Å². The van der Waals surface area contributed by atoms with E-state index in [-0.39, 0.29) is 83.2 Å². The van der Waals surface area contributed by atoms with Gasteiger partial charge in [0.25, 0.3) is 0 Å². The van der Waals surface area contributed by atoms with Crippen molar-refractivity contribution in [1.82, 2.24) is 25.6 Å². The predicted octanol–water partition coefficient (Wildman–Crippen LogP) is 7.24. The molecule has 18 nitrogen and oxygen atoms in total. The van der Waals surface area contributed by atoms with Crippen molar-refractivity contribution in [3.05, 3.63) is 83.7 Å². The molecule has 2 aromatic carbocycles. The summed E-state index contributed by atoms with van der Waals surface area (Å²) in [6.07, 6.45) is 11.8. The van der Waals surface area contributed by atoms with E-state index in [1.807, 2.05) is 62.4 Å². The van der Waals surface area contributed by atoms with Crippen molar-refractivity contribution in [2.45, 2.75) is 181 Å². The zero-order valence-corrected chi connectivity index (χ0v) is 42.4. The molecule has 0 radical (unpaired) electrons. The van der Waals surface area contributed by atoms with Crippen molar-refractivity contribution in [2.24, 2.45) is 11.8 Å². The fourth-order valence-electron chi connectivity index (χ4n) is 8.02. The van der Waals surface area contributed by atoms with Crippen LogP contribution in [0.2, 0.25) is 0 Å². The molecule has 0 spiro atoms. The van der Waals surface area contributed by atoms with E-state index < -0.39 is 60.4 Å². The molecular formula is C53H77N5O13. The molecule has 0 saturated carbocycles. The van der Waals surface area contributed by atoms with Crippen molar-refractivity contribution in [1.29, 1.82) is 0 Å². The number of ether oxygens (including phenoxy) is 7. The molecule has 1 aliphatic rings. The highest BCUT2D eigenvalue weighted by atomic mass is 16.7. The Labute approximate surface area is 418 Å². The van der Waals surface area contributed by atoms with Gasteiger partial charge in [-0.15, -0.1) is 5.10 Å². The van der Waals surface area contributed by atoms with Crippen molar-refractivity contribution in [3.63, 3.8) is 0 Å². The molecule has 4 rings (SSSR count). The second-order valence-electron chi connectivity index (χ2n) is 18.2. The fraction of sp³-hybridized carbons (Fsp3) is 0.623. The average Bonchev–Trinajstić information content (AvgIpc) is 3.82. The summed E-state index contributed by atoms with van der Waals surface area (Å²) in [6.45, 7) is 8.70. The molecule has 18 heteroatoms. The topological polar surface area (TPSA) is 222 Å². The van der Waals surface area contributed by atoms with Gasteiger partial charge in [0.15, 0.2) is 12.4 Å². The molecule has 2 N–H and O–H groups in total. The number of hydrogen-bond donors (Lipinski definition) is 2. The van der Waals surface area contributed by atoms with Gasteiger partial charge in [-0.2, -0.15) is 0 Å². The minimum Gasteiger partial charge on any atom is -0.463 e. The third-order valence-electron chi connectivity index (χ3n) is 12.4. The van der Waals surface area contributed by atoms with Crippen LogP contribution >= 0.6 is 0 Å². The van der Waals surface area contributed by atoms with Crippen LogP contribution in [0.15, 0.2) is 66.9 Å². The standard InChI is InChI=1S/C53H77N5O13/c1-6-7-8-9-10-11-12-13-14-15-22-27-48(61)54-46(51(63)55-45(52(64)69-34-43-25-20-17-21-26-43)28-29-49(62)68-33-42-23-18-16-19-24-42)36-65-35-44-32-58(57-56-44)30-31-66-53-50(70-41(5)60)39(3)38(2)47(71-53)37-67-40(4)59/h16-21,23-26,32,38-39,45-47,50,53H,6-15,22,27-31,33-37H2,1-5H3,(H,54,61)(H,55,63)/t38-,39-,45+,46-,47?,50?,53+/m0/s1. The summed E-state index contributed by atoms with van der Waals surface area (Å²) in [5.41, 5.74) is 1.96. The Kier molecular flexibility index (Phi) is 26.9. The second kappa shape index (κ2) is 33.0. The Bertz CT molecular complexity index is 2030. The van der Waals surface area contributed by atoms with Crippen molar-refractivity contribution < 1.29 is 61.9 Å². The van der Waals surface area contributed by atoms with Crippen LogP contribution in [-0.4, -0.2) is 101 Å². The van der Waals surface area contributed by atoms with E-state index in [0.717, 1.165) is 30.4 Å². The molecule has 0 aliphatic carbocycles. The van der Waals surface area contributed by atoms with Crippen LogP contribution < -0.4 is 10.6 Å². The summed E-state index contributed by atoms with van der Waals surface area (Å²) in [6, 6.07) is 15.8. The first-order valence-electron chi connectivity index (χ1n) is 25.4. The smallest absolute Gasteiger partial charge is 0.328 e. The first kappa shape index (κ1) is 57.9. The van der Waals surface area contributed by atoms with E-state index in [9.17, 15) is 28.8 Å². The predicted molar refractivity (Wildman–Crippen MR) is 261 cm³/mol. The first-order chi connectivity index (χ1) is 34.3. The molecule has 1 aliphatic heterocycles. The van der Waals surface area contributed by atoms with Crippen molar-refractivity contribution in [2.75, 3.05) is 19.8 Å². The molecule has 3 aromatic rings. The zero-order chi connectivity index (χ0) is 51.2. The van der Waals surface area contributed by atoms with Crippen LogP contribution in [0.25, 0.3) is 0 Å². The molecule has 1 saturated heterocycles. The summed E-state index contributed by atoms with van der Waals surface area (Å²) in [5, 5.41) is 13.9. The summed E-state index contributed by atoms with van der Waals surface area (Å²) >= 11 is 0. The van der Waals surface area contributed by atoms with Crippen LogP contribution in [0.3, 0.4) is 0 Å². The van der Waals surface area contributed by atoms with Crippen LogP contribution in [0, 0.1) is 11.8 Å². The largest absolute Gasteiger partial charge is 0.463 e. The van der Waals surface area contributed by atoms with Crippen LogP contribution in [0.1, 0.15) is 141 Å². The summed E-state index contributed by atoms with van der Waals surface area (Å²) < 4.78 is 41.5. The number of benzene rings is 2. The Morgan fingerprint density at radius 3 is 1.94 bits per heavy atom. The second-order valence-corrected chi connectivity index (χ2v) is 18.2. The summed E-state index contributed by atoms with van der Waals surface area (Å²) in [7, 11) is 0. The third-order valence-corrected chi connectivity index (χ3v) is 12.4. The number of unbranched alkanes of at least 4 members (excludes halogenated alkanes) is 10. The highest BCUT2D eigenvalue weighted by molar-refractivity contribution is 5.91. The van der Waals surface area contributed by atoms with Gasteiger partial charge in [-0.3, -0.25) is 24.0 Å². The Balaban J connectivity index is 1.36. The Morgan fingerprint density at radius 2 is 1.32 bits per heavy atom. The SMILES string of the molecule is CCCCCCCCCCCCCC(=O)N[C@@H](COCc1cn(CCO[C@@H]2OC(COC(C)=O)[C@@H](C)[C@H](C)C2OC(C)=O)nn1)C(=O)N[C@H](CCC(=O)OCc1ccccc1)C(=O)OCc1ccccc1. The van der Waals surface area contributed by atoms with E-state index in [1.165, 1.54) is 63.5 Å². The van der Waals surface area contributed by atoms with E-state index in [0.29, 0.717) is 12.1 Å². The maximum atomic E-state index is 14.0. The molecule has 1 fully saturated rings. The molecule has 392 valence electrons. The van der Waals surface area contributed by atoms with E-state index in [1.54, 1.807) is 18.3 Å². The first-order valence-corrected chi connectivity index (χ1v) is 25.4. The number of rotatable bonds is 34. The van der Waals surface area contributed by atoms with E-state index >= 15 is 0 Å². The molecular weight excluding hydrogens is 915 g/mol. The fourth-order valence-corrected chi connectivity index (χ4v) is 8.02. The van der Waals surface area contributed by atoms with Gasteiger partial charge in [0.05, 0.1) is 38.7 Å². The quantitative estimate of drug-likeness (QED) is 0.0342. The zero-order valence-electron chi connectivity index (χ0n) is 42.4. The number of hydrogen-bond acceptors (Lipinski definition) is 15. The molecule has 2 heterocycles. The lowest BCUT2D eigenvalue weighted by Gasteiger charge is -2.43. The lowest BCUT2D eigenvalue weighted by atomic mass is 9.83. The maximum absolute atomic E-state index is 14.0. The summed E-state index contributed by atoms with van der Waals surface area (Å²) in [5.74, 6) is -3.55. The van der Waals surface area contributed by atoms with Gasteiger partial charge >= 0.3 is 23.9 Å². The number of carbonyl (C=O) groups is 6. The number of aromatic nitrogens is 3. The monoisotopic (exact) mass is 992 g/mol. The molecule has 1 aromatic heterocycles. The van der Waals surface area contributed by atoms with Gasteiger partial charge in [-0.05, 0) is 29.9 Å². The highest BCUT2D eigenvalue weighted by Crippen LogP contribution is 2.33. The molecule has 2 amide bonds. The lowest BCUT2D eigenvalue weighted by Crippen LogP contribution is -2.53. The average molecular weight is 992 g/mol. The van der Waals surface area contributed by atoms with Crippen LogP contribution in [0.5, 0.6) is 0 Å². The maximum Gasteiger partial charge on any atom is 0.328 e. The Morgan fingerprint density at radius 1 is 0.704 bits per heavy atom. The number of nitrogens with one attached hydrogen (secondary N) is 2. The number of nitrogens with zero attached hydrogens (tertiary/aromatic N) is 3. The van der Waals surface area contributed by atoms with Gasteiger partial charge < -0.3 is 43.8 Å². The highest BCUT2D eigenvalue weighted by Gasteiger charge is 2.44. The lowest BCUT2D eigenvalue weighted by molar-refractivity contribution is -0.280. The van der Waals surface area contributed by atoms with Crippen molar-refractivity contribution >= 4 is 35.7 Å². The van der Waals surface area contributed by atoms with Gasteiger partial charge in [-0.25, -0.2) is 9.48 Å². The van der Waals surface area contributed by atoms with E-state index in [4.69, 9.17) is 33.2 Å². The number of esters is 4. The molecule has 2 unspecified atom stereocenters. The number of amides is 2. The third kappa shape index (κ3) is 22.9. The van der Waals surface area contributed by atoms with Gasteiger partial charge in [0, 0.05) is 32.6 Å². The van der Waals surface area contributed by atoms with Crippen molar-refractivity contribution in [3.8, 4) is 0 Å². The minimum atomic E-state index is -1.25. The minimum absolute atomic E-state index is 0.0272. The van der Waals surface area contributed by atoms with Crippen LogP contribution in [0.4, 0.5) is 0 Å². The molecule has 7 atom stereocenters. The normalized spacial score (nSPS) is 18.4.